The van der Waals surface area contributed by atoms with E-state index in [1.807, 2.05) is 0 Å². The van der Waals surface area contributed by atoms with Crippen molar-refractivity contribution in [2.24, 2.45) is 0 Å². The molecule has 0 radical (unpaired) electrons. The Labute approximate surface area is 124 Å². The average molecular weight is 321 g/mol. The number of tetrazole rings is 2. The highest BCUT2D eigenvalue weighted by Crippen LogP contribution is 2.04. The number of nitrogens with one attached hydrogen (secondary N) is 7. The standard InChI is InChI=1S/C6H7N15O2/c22-5(10-3-14-18-19-15-3)8-1-7-2(13-12-1)9-6(23)11-4-16-20-21-17-4/h(H7,7,8,9,10,11,12,13,14,15,16,17,18,19,20,21,22,23). The van der Waals surface area contributed by atoms with Crippen molar-refractivity contribution in [3.05, 3.63) is 0 Å². The zero-order chi connectivity index (χ0) is 16.1. The van der Waals surface area contributed by atoms with E-state index in [0.29, 0.717) is 0 Å². The lowest BCUT2D eigenvalue weighted by Crippen LogP contribution is -2.22. The van der Waals surface area contributed by atoms with Gasteiger partial charge in [0.2, 0.25) is 23.8 Å². The second kappa shape index (κ2) is 6.07. The van der Waals surface area contributed by atoms with E-state index < -0.39 is 12.1 Å². The first-order chi connectivity index (χ1) is 11.2. The molecule has 23 heavy (non-hydrogen) atoms. The van der Waals surface area contributed by atoms with Gasteiger partial charge in [0.25, 0.3) is 0 Å². The van der Waals surface area contributed by atoms with E-state index >= 15 is 0 Å². The van der Waals surface area contributed by atoms with Gasteiger partial charge in [0.05, 0.1) is 0 Å². The molecule has 4 amide bonds. The van der Waals surface area contributed by atoms with Crippen LogP contribution in [0.3, 0.4) is 0 Å². The van der Waals surface area contributed by atoms with Crippen LogP contribution < -0.4 is 21.3 Å². The Morgan fingerprint density at radius 2 is 1.09 bits per heavy atom. The van der Waals surface area contributed by atoms with Crippen LogP contribution >= 0.6 is 0 Å². The summed E-state index contributed by atoms with van der Waals surface area (Å²) in [6.45, 7) is 0. The maximum Gasteiger partial charge on any atom is 0.328 e. The molecule has 17 nitrogen and oxygen atoms in total. The molecule has 17 heteroatoms. The number of aromatic amines is 3. The number of amides is 4. The van der Waals surface area contributed by atoms with Gasteiger partial charge in [-0.2, -0.15) is 0 Å². The highest BCUT2D eigenvalue weighted by Gasteiger charge is 2.11. The van der Waals surface area contributed by atoms with E-state index in [1.54, 1.807) is 0 Å². The third-order valence-corrected chi connectivity index (χ3v) is 2.11. The maximum atomic E-state index is 11.6. The Kier molecular flexibility index (Phi) is 3.64. The topological polar surface area (TPSA) is 233 Å². The number of carbonyl (C=O) groups is 2. The second-order valence-electron chi connectivity index (χ2n) is 3.68. The van der Waals surface area contributed by atoms with Crippen molar-refractivity contribution in [2.45, 2.75) is 0 Å². The molecule has 0 aromatic carbocycles. The van der Waals surface area contributed by atoms with Crippen molar-refractivity contribution in [3.63, 3.8) is 0 Å². The van der Waals surface area contributed by atoms with Crippen LogP contribution in [0.2, 0.25) is 0 Å². The van der Waals surface area contributed by atoms with Gasteiger partial charge in [-0.3, -0.25) is 26.3 Å². The number of hydrogen-bond acceptors (Lipinski definition) is 10. The van der Waals surface area contributed by atoms with Crippen LogP contribution in [0, 0.1) is 0 Å². The molecule has 0 aliphatic heterocycles. The summed E-state index contributed by atoms with van der Waals surface area (Å²) in [4.78, 5) is 25.7. The Morgan fingerprint density at radius 1 is 0.652 bits per heavy atom. The summed E-state index contributed by atoms with van der Waals surface area (Å²) in [5, 5.41) is 41.1. The first-order valence-electron chi connectivity index (χ1n) is 5.75. The van der Waals surface area contributed by atoms with Crippen LogP contribution in [0.5, 0.6) is 0 Å². The zero-order valence-corrected chi connectivity index (χ0v) is 10.9. The van der Waals surface area contributed by atoms with Gasteiger partial charge in [0.15, 0.2) is 0 Å². The summed E-state index contributed by atoms with van der Waals surface area (Å²) < 4.78 is 0. The molecule has 118 valence electrons. The summed E-state index contributed by atoms with van der Waals surface area (Å²) >= 11 is 0. The Morgan fingerprint density at radius 3 is 1.48 bits per heavy atom. The van der Waals surface area contributed by atoms with Gasteiger partial charge < -0.3 is 0 Å². The maximum absolute atomic E-state index is 11.6. The Bertz CT molecular complexity index is 708. The molecular weight excluding hydrogens is 314 g/mol. The monoisotopic (exact) mass is 321 g/mol. The summed E-state index contributed by atoms with van der Waals surface area (Å²) in [6, 6.07) is -1.35. The number of carbonyl (C=O) groups excluding carboxylic acids is 2. The fourth-order valence-electron chi connectivity index (χ4n) is 1.29. The third-order valence-electron chi connectivity index (χ3n) is 2.11. The van der Waals surface area contributed by atoms with Crippen LogP contribution in [0.1, 0.15) is 0 Å². The number of anilines is 4. The number of H-pyrrole nitrogens is 3. The van der Waals surface area contributed by atoms with Crippen LogP contribution in [0.4, 0.5) is 33.4 Å². The van der Waals surface area contributed by atoms with Gasteiger partial charge in [-0.25, -0.2) is 19.8 Å². The summed E-state index contributed by atoms with van der Waals surface area (Å²) in [5.41, 5.74) is 0. The second-order valence-corrected chi connectivity index (χ2v) is 3.68. The molecule has 0 fully saturated rings. The zero-order valence-electron chi connectivity index (χ0n) is 10.9. The lowest BCUT2D eigenvalue weighted by atomic mass is 10.8. The van der Waals surface area contributed by atoms with E-state index in [0.717, 1.165) is 0 Å². The molecule has 0 saturated heterocycles. The molecule has 7 N–H and O–H groups in total. The highest BCUT2D eigenvalue weighted by atomic mass is 16.2. The molecule has 0 saturated carbocycles. The van der Waals surface area contributed by atoms with Crippen molar-refractivity contribution in [3.8, 4) is 0 Å². The molecule has 3 aromatic heterocycles. The van der Waals surface area contributed by atoms with Crippen LogP contribution in [0.15, 0.2) is 0 Å². The predicted octanol–water partition coefficient (Wildman–Crippen LogP) is -1.88. The van der Waals surface area contributed by atoms with E-state index in [2.05, 4.69) is 77.7 Å². The van der Waals surface area contributed by atoms with Gasteiger partial charge >= 0.3 is 12.1 Å². The first-order valence-corrected chi connectivity index (χ1v) is 5.75. The largest absolute Gasteiger partial charge is 0.328 e. The molecule has 3 aromatic rings. The van der Waals surface area contributed by atoms with E-state index in [9.17, 15) is 9.59 Å². The van der Waals surface area contributed by atoms with Crippen molar-refractivity contribution >= 4 is 35.9 Å². The van der Waals surface area contributed by atoms with Gasteiger partial charge in [-0.05, 0) is 20.9 Å². The molecule has 0 unspecified atom stereocenters. The highest BCUT2D eigenvalue weighted by molar-refractivity contribution is 5.98. The van der Waals surface area contributed by atoms with Crippen molar-refractivity contribution in [2.75, 3.05) is 21.3 Å². The number of hydrogen-bond donors (Lipinski definition) is 7. The summed E-state index contributed by atoms with van der Waals surface area (Å²) in [6.07, 6.45) is 0. The smallest absolute Gasteiger partial charge is 0.293 e. The van der Waals surface area contributed by atoms with Gasteiger partial charge in [0.1, 0.15) is 0 Å². The van der Waals surface area contributed by atoms with Gasteiger partial charge in [-0.1, -0.05) is 10.2 Å². The Hall–Kier alpha value is -4.18. The summed E-state index contributed by atoms with van der Waals surface area (Å²) in [5.74, 6) is 0.0408. The van der Waals surface area contributed by atoms with Crippen molar-refractivity contribution in [1.29, 1.82) is 0 Å². The minimum atomic E-state index is -0.677. The number of urea groups is 2. The predicted molar refractivity (Wildman–Crippen MR) is 70.0 cm³/mol. The van der Waals surface area contributed by atoms with E-state index in [4.69, 9.17) is 0 Å². The quantitative estimate of drug-likeness (QED) is 0.282. The first kappa shape index (κ1) is 13.8. The molecule has 0 aliphatic carbocycles. The van der Waals surface area contributed by atoms with Crippen molar-refractivity contribution < 1.29 is 9.59 Å². The van der Waals surface area contributed by atoms with E-state index in [-0.39, 0.29) is 23.8 Å². The van der Waals surface area contributed by atoms with Crippen LogP contribution in [0.25, 0.3) is 0 Å². The molecular formula is C6H7N15O2. The fourth-order valence-corrected chi connectivity index (χ4v) is 1.29. The molecule has 0 spiro atoms. The van der Waals surface area contributed by atoms with E-state index in [1.165, 1.54) is 0 Å². The summed E-state index contributed by atoms with van der Waals surface area (Å²) in [7, 11) is 0. The SMILES string of the molecule is O=C(Nc1nnn[nH]1)Nc1nnc(NC(=O)Nc2nnn[nH]2)[nH]1. The Balaban J connectivity index is 1.51. The molecule has 3 rings (SSSR count). The molecule has 0 aliphatic rings. The number of aromatic nitrogens is 11. The minimum absolute atomic E-state index is 0.0217. The normalized spacial score (nSPS) is 10.1. The van der Waals surface area contributed by atoms with Crippen LogP contribution in [-0.2, 0) is 0 Å². The molecule has 3 heterocycles. The van der Waals surface area contributed by atoms with Gasteiger partial charge in [-0.15, -0.1) is 10.2 Å². The lowest BCUT2D eigenvalue weighted by molar-refractivity contribution is 0.261. The molecule has 0 bridgehead atoms. The van der Waals surface area contributed by atoms with Crippen molar-refractivity contribution in [1.82, 2.24) is 56.4 Å². The fraction of sp³-hybridized carbons (Fsp3) is 0. The minimum Gasteiger partial charge on any atom is -0.293 e. The number of rotatable bonds is 4. The lowest BCUT2D eigenvalue weighted by Gasteiger charge is -2.01. The van der Waals surface area contributed by atoms with Crippen LogP contribution in [-0.4, -0.2) is 68.5 Å². The average Bonchev–Trinajstić information content (AvgIpc) is 3.22. The van der Waals surface area contributed by atoms with Gasteiger partial charge in [0, 0.05) is 0 Å². The number of nitrogens with zero attached hydrogens (tertiary/aromatic N) is 8. The molecule has 0 atom stereocenters. The third kappa shape index (κ3) is 3.68.